The molecular weight excluding hydrogens is 292 g/mol. The average molecular weight is 308 g/mol. The number of methoxy groups -OCH3 is 2. The van der Waals surface area contributed by atoms with Crippen molar-refractivity contribution in [1.29, 1.82) is 0 Å². The molecular formula is C12H16N6O4. The van der Waals surface area contributed by atoms with Gasteiger partial charge in [-0.25, -0.2) is 0 Å². The van der Waals surface area contributed by atoms with Crippen molar-refractivity contribution in [2.45, 2.75) is 0 Å². The summed E-state index contributed by atoms with van der Waals surface area (Å²) in [6, 6.07) is 5.95. The molecule has 2 aromatic heterocycles. The molecule has 0 aliphatic heterocycles. The van der Waals surface area contributed by atoms with Crippen LogP contribution in [0.4, 0.5) is 23.0 Å². The Morgan fingerprint density at radius 3 is 1.86 bits per heavy atom. The SMILES string of the molecule is COc1ccc(N)c(N)n1.COc1ccc([N+](=O)[O-])c(N)n1. The van der Waals surface area contributed by atoms with Gasteiger partial charge in [0.2, 0.25) is 17.6 Å². The molecule has 6 N–H and O–H groups in total. The van der Waals surface area contributed by atoms with Crippen LogP contribution in [0.5, 0.6) is 11.8 Å². The summed E-state index contributed by atoms with van der Waals surface area (Å²) in [4.78, 5) is 17.1. The van der Waals surface area contributed by atoms with Gasteiger partial charge in [0, 0.05) is 18.2 Å². The predicted octanol–water partition coefficient (Wildman–Crippen LogP) is 0.835. The molecule has 0 aliphatic rings. The average Bonchev–Trinajstić information content (AvgIpc) is 2.50. The van der Waals surface area contributed by atoms with E-state index in [4.69, 9.17) is 26.7 Å². The summed E-state index contributed by atoms with van der Waals surface area (Å²) < 4.78 is 9.52. The van der Waals surface area contributed by atoms with Crippen molar-refractivity contribution < 1.29 is 14.4 Å². The minimum absolute atomic E-state index is 0.139. The van der Waals surface area contributed by atoms with Crippen LogP contribution in [0, 0.1) is 10.1 Å². The molecule has 2 aromatic rings. The van der Waals surface area contributed by atoms with Gasteiger partial charge in [0.05, 0.1) is 24.8 Å². The summed E-state index contributed by atoms with van der Waals surface area (Å²) >= 11 is 0. The number of hydrogen-bond donors (Lipinski definition) is 3. The molecule has 0 saturated carbocycles. The second-order valence-electron chi connectivity index (χ2n) is 3.84. The highest BCUT2D eigenvalue weighted by Crippen LogP contribution is 2.21. The highest BCUT2D eigenvalue weighted by atomic mass is 16.6. The van der Waals surface area contributed by atoms with Crippen molar-refractivity contribution in [1.82, 2.24) is 9.97 Å². The zero-order valence-corrected chi connectivity index (χ0v) is 12.0. The summed E-state index contributed by atoms with van der Waals surface area (Å²) in [7, 11) is 2.94. The van der Waals surface area contributed by atoms with Crippen LogP contribution in [0.25, 0.3) is 0 Å². The lowest BCUT2D eigenvalue weighted by Crippen LogP contribution is -1.99. The normalized spacial score (nSPS) is 9.36. The molecule has 2 rings (SSSR count). The van der Waals surface area contributed by atoms with E-state index in [1.54, 1.807) is 12.1 Å². The zero-order chi connectivity index (χ0) is 16.7. The molecule has 0 amide bonds. The summed E-state index contributed by atoms with van der Waals surface area (Å²) in [5.74, 6) is 0.906. The lowest BCUT2D eigenvalue weighted by Gasteiger charge is -2.00. The largest absolute Gasteiger partial charge is 0.481 e. The van der Waals surface area contributed by atoms with E-state index in [1.165, 1.54) is 26.4 Å². The fraction of sp³-hybridized carbons (Fsp3) is 0.167. The maximum atomic E-state index is 10.3. The van der Waals surface area contributed by atoms with Gasteiger partial charge in [0.25, 0.3) is 0 Å². The lowest BCUT2D eigenvalue weighted by atomic mass is 10.4. The van der Waals surface area contributed by atoms with Crippen LogP contribution >= 0.6 is 0 Å². The van der Waals surface area contributed by atoms with Crippen LogP contribution in [-0.4, -0.2) is 29.1 Å². The van der Waals surface area contributed by atoms with Gasteiger partial charge in [0.15, 0.2) is 5.82 Å². The van der Waals surface area contributed by atoms with E-state index in [-0.39, 0.29) is 17.4 Å². The fourth-order valence-corrected chi connectivity index (χ4v) is 1.30. The first kappa shape index (κ1) is 16.8. The Bertz CT molecular complexity index is 664. The quantitative estimate of drug-likeness (QED) is 0.549. The van der Waals surface area contributed by atoms with E-state index in [0.29, 0.717) is 17.4 Å². The number of nitrogen functional groups attached to an aromatic ring is 3. The zero-order valence-electron chi connectivity index (χ0n) is 12.0. The van der Waals surface area contributed by atoms with Crippen molar-refractivity contribution in [2.24, 2.45) is 0 Å². The lowest BCUT2D eigenvalue weighted by molar-refractivity contribution is -0.384. The van der Waals surface area contributed by atoms with Crippen LogP contribution in [-0.2, 0) is 0 Å². The third-order valence-corrected chi connectivity index (χ3v) is 2.42. The van der Waals surface area contributed by atoms with E-state index in [0.717, 1.165) is 0 Å². The van der Waals surface area contributed by atoms with Gasteiger partial charge in [0.1, 0.15) is 0 Å². The van der Waals surface area contributed by atoms with Crippen molar-refractivity contribution >= 4 is 23.0 Å². The van der Waals surface area contributed by atoms with Gasteiger partial charge in [-0.1, -0.05) is 0 Å². The fourth-order valence-electron chi connectivity index (χ4n) is 1.30. The molecule has 0 saturated heterocycles. The monoisotopic (exact) mass is 308 g/mol. The van der Waals surface area contributed by atoms with Crippen molar-refractivity contribution in [3.8, 4) is 11.8 Å². The molecule has 10 nitrogen and oxygen atoms in total. The predicted molar refractivity (Wildman–Crippen MR) is 81.5 cm³/mol. The third kappa shape index (κ3) is 4.37. The van der Waals surface area contributed by atoms with Crippen molar-refractivity contribution in [2.75, 3.05) is 31.4 Å². The van der Waals surface area contributed by atoms with Crippen LogP contribution in [0.1, 0.15) is 0 Å². The number of aromatic nitrogens is 2. The highest BCUT2D eigenvalue weighted by Gasteiger charge is 2.12. The van der Waals surface area contributed by atoms with E-state index in [9.17, 15) is 10.1 Å². The third-order valence-electron chi connectivity index (χ3n) is 2.42. The molecule has 10 heteroatoms. The van der Waals surface area contributed by atoms with Crippen molar-refractivity contribution in [3.05, 3.63) is 34.4 Å². The Kier molecular flexibility index (Phi) is 5.69. The van der Waals surface area contributed by atoms with Crippen LogP contribution in [0.3, 0.4) is 0 Å². The first-order valence-electron chi connectivity index (χ1n) is 5.90. The molecule has 0 aromatic carbocycles. The highest BCUT2D eigenvalue weighted by molar-refractivity contribution is 5.58. The number of rotatable bonds is 3. The Labute approximate surface area is 126 Å². The van der Waals surface area contributed by atoms with E-state index in [1.807, 2.05) is 0 Å². The molecule has 118 valence electrons. The topological polar surface area (TPSA) is 165 Å². The van der Waals surface area contributed by atoms with Crippen LogP contribution in [0.15, 0.2) is 24.3 Å². The molecule has 22 heavy (non-hydrogen) atoms. The number of pyridine rings is 2. The maximum Gasteiger partial charge on any atom is 0.311 e. The summed E-state index contributed by atoms with van der Waals surface area (Å²) in [6.07, 6.45) is 0. The molecule has 0 radical (unpaired) electrons. The Balaban J connectivity index is 0.000000224. The number of nitrogens with zero attached hydrogens (tertiary/aromatic N) is 3. The maximum absolute atomic E-state index is 10.3. The molecule has 0 spiro atoms. The van der Waals surface area contributed by atoms with E-state index >= 15 is 0 Å². The van der Waals surface area contributed by atoms with Crippen molar-refractivity contribution in [3.63, 3.8) is 0 Å². The van der Waals surface area contributed by atoms with E-state index in [2.05, 4.69) is 9.97 Å². The smallest absolute Gasteiger partial charge is 0.311 e. The van der Waals surface area contributed by atoms with E-state index < -0.39 is 4.92 Å². The Hall–Kier alpha value is -3.30. The second-order valence-corrected chi connectivity index (χ2v) is 3.84. The van der Waals surface area contributed by atoms with Gasteiger partial charge in [-0.05, 0) is 6.07 Å². The van der Waals surface area contributed by atoms with Gasteiger partial charge >= 0.3 is 5.69 Å². The Morgan fingerprint density at radius 2 is 1.45 bits per heavy atom. The van der Waals surface area contributed by atoms with Gasteiger partial charge in [-0.3, -0.25) is 10.1 Å². The Morgan fingerprint density at radius 1 is 0.955 bits per heavy atom. The van der Waals surface area contributed by atoms with Crippen LogP contribution < -0.4 is 26.7 Å². The van der Waals surface area contributed by atoms with Gasteiger partial charge < -0.3 is 26.7 Å². The summed E-state index contributed by atoms with van der Waals surface area (Å²) in [5, 5.41) is 10.3. The number of ether oxygens (including phenoxy) is 2. The molecule has 0 unspecified atom stereocenters. The van der Waals surface area contributed by atoms with Crippen LogP contribution in [0.2, 0.25) is 0 Å². The number of hydrogen-bond acceptors (Lipinski definition) is 9. The second kappa shape index (κ2) is 7.47. The summed E-state index contributed by atoms with van der Waals surface area (Å²) in [6.45, 7) is 0. The van der Waals surface area contributed by atoms with Gasteiger partial charge in [-0.15, -0.1) is 0 Å². The molecule has 0 fully saturated rings. The molecule has 0 atom stereocenters. The first-order valence-corrected chi connectivity index (χ1v) is 5.90. The number of nitro groups is 1. The molecule has 0 bridgehead atoms. The molecule has 0 aliphatic carbocycles. The minimum atomic E-state index is -0.595. The standard InChI is InChI=1S/C6H7N3O3.C6H9N3O/c1-12-5-3-2-4(9(10)11)6(7)8-5;1-10-5-3-2-4(7)6(8)9-5/h2-3H,1H3,(H2,7,8);2-3H,7H2,1H3,(H2,8,9). The summed E-state index contributed by atoms with van der Waals surface area (Å²) in [5.41, 5.74) is 16.3. The number of nitrogens with two attached hydrogens (primary N) is 3. The minimum Gasteiger partial charge on any atom is -0.481 e. The first-order chi connectivity index (χ1) is 10.4. The number of anilines is 3. The van der Waals surface area contributed by atoms with Gasteiger partial charge in [-0.2, -0.15) is 9.97 Å². The molecule has 2 heterocycles.